The van der Waals surface area contributed by atoms with Crippen molar-refractivity contribution in [2.75, 3.05) is 0 Å². The van der Waals surface area contributed by atoms with Gasteiger partial charge in [-0.2, -0.15) is 5.26 Å². The number of rotatable bonds is 3. The van der Waals surface area contributed by atoms with Crippen LogP contribution in [-0.2, 0) is 16.0 Å². The third kappa shape index (κ3) is 3.24. The number of ether oxygens (including phenoxy) is 1. The Labute approximate surface area is 158 Å². The van der Waals surface area contributed by atoms with Crippen molar-refractivity contribution < 1.29 is 9.53 Å². The number of Topliss-reactive ketones (excluding diaryl/α,β-unsaturated/α-hetero) is 1. The molecule has 0 saturated carbocycles. The Hall–Kier alpha value is -3.32. The average molecular weight is 356 g/mol. The monoisotopic (exact) mass is 356 g/mol. The van der Waals surface area contributed by atoms with E-state index in [-0.39, 0.29) is 23.5 Å². The fourth-order valence-corrected chi connectivity index (χ4v) is 4.03. The lowest BCUT2D eigenvalue weighted by atomic mass is 9.74. The molecule has 0 saturated heterocycles. The molecule has 0 unspecified atom stereocenters. The maximum atomic E-state index is 13.1. The topological polar surface area (TPSA) is 76.1 Å². The Morgan fingerprint density at radius 3 is 2.37 bits per heavy atom. The smallest absolute Gasteiger partial charge is 0.204 e. The third-order valence-corrected chi connectivity index (χ3v) is 5.33. The van der Waals surface area contributed by atoms with Crippen molar-refractivity contribution >= 4 is 5.78 Å². The molecule has 1 aliphatic heterocycles. The summed E-state index contributed by atoms with van der Waals surface area (Å²) in [4.78, 5) is 13.1. The zero-order valence-electron chi connectivity index (χ0n) is 14.9. The molecule has 0 aromatic heterocycles. The van der Waals surface area contributed by atoms with Crippen LogP contribution in [0.15, 0.2) is 83.5 Å². The molecule has 27 heavy (non-hydrogen) atoms. The predicted molar refractivity (Wildman–Crippen MR) is 102 cm³/mol. The van der Waals surface area contributed by atoms with Crippen LogP contribution in [0.25, 0.3) is 0 Å². The molecule has 2 aliphatic rings. The molecule has 1 aliphatic carbocycles. The highest BCUT2D eigenvalue weighted by atomic mass is 16.5. The van der Waals surface area contributed by atoms with E-state index in [2.05, 4.69) is 6.07 Å². The van der Waals surface area contributed by atoms with Crippen LogP contribution in [0.2, 0.25) is 0 Å². The van der Waals surface area contributed by atoms with Gasteiger partial charge in [0, 0.05) is 24.3 Å². The van der Waals surface area contributed by atoms with Gasteiger partial charge >= 0.3 is 0 Å². The zero-order chi connectivity index (χ0) is 18.8. The van der Waals surface area contributed by atoms with Crippen molar-refractivity contribution in [3.05, 3.63) is 94.6 Å². The van der Waals surface area contributed by atoms with Crippen molar-refractivity contribution in [1.82, 2.24) is 0 Å². The molecule has 0 radical (unpaired) electrons. The second-order valence-corrected chi connectivity index (χ2v) is 7.01. The van der Waals surface area contributed by atoms with Gasteiger partial charge in [-0.15, -0.1) is 0 Å². The first-order valence-corrected chi connectivity index (χ1v) is 9.10. The van der Waals surface area contributed by atoms with E-state index < -0.39 is 0 Å². The average Bonchev–Trinajstić information content (AvgIpc) is 2.69. The first kappa shape index (κ1) is 17.1. The van der Waals surface area contributed by atoms with Gasteiger partial charge in [0.15, 0.2) is 5.78 Å². The standard InChI is InChI=1S/C23H20N2O2/c24-14-19-18(11-15-7-3-1-4-8-15)22-20(26)12-17(13-21(22)27-23(19)25)16-9-5-2-6-10-16/h1-10,17-18H,11-13,25H2/t17-,18+/m1/s1. The number of hydrogen-bond acceptors (Lipinski definition) is 4. The summed E-state index contributed by atoms with van der Waals surface area (Å²) >= 11 is 0. The molecule has 0 spiro atoms. The number of ketones is 1. The normalized spacial score (nSPS) is 22.1. The van der Waals surface area contributed by atoms with Gasteiger partial charge in [-0.1, -0.05) is 60.7 Å². The Morgan fingerprint density at radius 2 is 1.70 bits per heavy atom. The number of nitrogens with zero attached hydrogens (tertiary/aromatic N) is 1. The Balaban J connectivity index is 1.71. The van der Waals surface area contributed by atoms with Crippen molar-refractivity contribution in [1.29, 1.82) is 5.26 Å². The Kier molecular flexibility index (Phi) is 4.52. The Bertz CT molecular complexity index is 968. The van der Waals surface area contributed by atoms with Gasteiger partial charge in [-0.05, 0) is 23.5 Å². The molecule has 2 atom stereocenters. The first-order valence-electron chi connectivity index (χ1n) is 9.10. The lowest BCUT2D eigenvalue weighted by Gasteiger charge is -2.34. The molecule has 2 aromatic rings. The highest BCUT2D eigenvalue weighted by molar-refractivity contribution is 5.99. The molecule has 134 valence electrons. The fraction of sp³-hybridized carbons (Fsp3) is 0.217. The van der Waals surface area contributed by atoms with Gasteiger partial charge in [0.2, 0.25) is 5.88 Å². The summed E-state index contributed by atoms with van der Waals surface area (Å²) in [6.45, 7) is 0. The summed E-state index contributed by atoms with van der Waals surface area (Å²) in [7, 11) is 0. The van der Waals surface area contributed by atoms with Gasteiger partial charge in [0.05, 0.1) is 5.57 Å². The molecule has 2 aromatic carbocycles. The number of allylic oxidation sites excluding steroid dienone is 3. The van der Waals surface area contributed by atoms with Crippen molar-refractivity contribution in [3.63, 3.8) is 0 Å². The molecule has 2 N–H and O–H groups in total. The van der Waals surface area contributed by atoms with Crippen molar-refractivity contribution in [3.8, 4) is 6.07 Å². The summed E-state index contributed by atoms with van der Waals surface area (Å²) in [5.74, 6) is 0.527. The molecule has 0 amide bonds. The van der Waals surface area contributed by atoms with Crippen LogP contribution < -0.4 is 5.73 Å². The first-order chi connectivity index (χ1) is 13.2. The highest BCUT2D eigenvalue weighted by Crippen LogP contribution is 2.43. The van der Waals surface area contributed by atoms with Gasteiger partial charge < -0.3 is 10.5 Å². The minimum atomic E-state index is -0.342. The van der Waals surface area contributed by atoms with Crippen LogP contribution in [0.1, 0.15) is 29.9 Å². The van der Waals surface area contributed by atoms with E-state index in [4.69, 9.17) is 10.5 Å². The number of carbonyl (C=O) groups excluding carboxylic acids is 1. The number of hydrogen-bond donors (Lipinski definition) is 1. The van der Waals surface area contributed by atoms with Gasteiger partial charge in [-0.25, -0.2) is 0 Å². The highest BCUT2D eigenvalue weighted by Gasteiger charge is 2.40. The van der Waals surface area contributed by atoms with E-state index in [1.54, 1.807) is 0 Å². The maximum Gasteiger partial charge on any atom is 0.204 e. The number of nitrogens with two attached hydrogens (primary N) is 1. The largest absolute Gasteiger partial charge is 0.444 e. The zero-order valence-corrected chi connectivity index (χ0v) is 14.9. The lowest BCUT2D eigenvalue weighted by molar-refractivity contribution is -0.117. The van der Waals surface area contributed by atoms with E-state index in [0.717, 1.165) is 11.1 Å². The summed E-state index contributed by atoms with van der Waals surface area (Å²) in [5.41, 5.74) is 9.22. The van der Waals surface area contributed by atoms with E-state index >= 15 is 0 Å². The van der Waals surface area contributed by atoms with Crippen molar-refractivity contribution in [2.24, 2.45) is 11.7 Å². The molecule has 0 fully saturated rings. The quantitative estimate of drug-likeness (QED) is 0.903. The summed E-state index contributed by atoms with van der Waals surface area (Å²) in [5, 5.41) is 9.61. The molecular formula is C23H20N2O2. The van der Waals surface area contributed by atoms with Crippen LogP contribution in [-0.4, -0.2) is 5.78 Å². The van der Waals surface area contributed by atoms with E-state index in [1.165, 1.54) is 0 Å². The van der Waals surface area contributed by atoms with Gasteiger partial charge in [-0.3, -0.25) is 4.79 Å². The predicted octanol–water partition coefficient (Wildman–Crippen LogP) is 3.97. The molecule has 4 rings (SSSR count). The number of benzene rings is 2. The van der Waals surface area contributed by atoms with E-state index in [1.807, 2.05) is 60.7 Å². The van der Waals surface area contributed by atoms with Crippen molar-refractivity contribution in [2.45, 2.75) is 25.2 Å². The number of carbonyl (C=O) groups is 1. The lowest BCUT2D eigenvalue weighted by Crippen LogP contribution is -2.31. The van der Waals surface area contributed by atoms with Crippen LogP contribution in [0.3, 0.4) is 0 Å². The summed E-state index contributed by atoms with van der Waals surface area (Å²) in [6, 6.07) is 22.0. The SMILES string of the molecule is N#CC1=C(N)OC2=C(C(=O)C[C@@H](c3ccccc3)C2)[C@H]1Cc1ccccc1. The molecule has 4 heteroatoms. The second kappa shape index (κ2) is 7.13. The molecule has 4 nitrogen and oxygen atoms in total. The van der Waals surface area contributed by atoms with Crippen LogP contribution in [0, 0.1) is 17.2 Å². The Morgan fingerprint density at radius 1 is 1.04 bits per heavy atom. The van der Waals surface area contributed by atoms with E-state index in [0.29, 0.717) is 36.2 Å². The van der Waals surface area contributed by atoms with E-state index in [9.17, 15) is 10.1 Å². The summed E-state index contributed by atoms with van der Waals surface area (Å²) in [6.07, 6.45) is 1.61. The minimum absolute atomic E-state index is 0.0475. The molecule has 1 heterocycles. The summed E-state index contributed by atoms with van der Waals surface area (Å²) < 4.78 is 5.78. The molecular weight excluding hydrogens is 336 g/mol. The van der Waals surface area contributed by atoms with Crippen LogP contribution in [0.4, 0.5) is 0 Å². The number of nitriles is 1. The van der Waals surface area contributed by atoms with Gasteiger partial charge in [0.25, 0.3) is 0 Å². The maximum absolute atomic E-state index is 13.1. The third-order valence-electron chi connectivity index (χ3n) is 5.33. The van der Waals surface area contributed by atoms with Gasteiger partial charge in [0.1, 0.15) is 11.8 Å². The second-order valence-electron chi connectivity index (χ2n) is 7.01. The minimum Gasteiger partial charge on any atom is -0.444 e. The fourth-order valence-electron chi connectivity index (χ4n) is 4.03. The van der Waals surface area contributed by atoms with Crippen LogP contribution in [0.5, 0.6) is 0 Å². The van der Waals surface area contributed by atoms with Crippen LogP contribution >= 0.6 is 0 Å². The molecule has 0 bridgehead atoms.